The van der Waals surface area contributed by atoms with Crippen molar-refractivity contribution in [1.29, 1.82) is 0 Å². The molecule has 43 heavy (non-hydrogen) atoms. The van der Waals surface area contributed by atoms with Crippen molar-refractivity contribution in [3.05, 3.63) is 71.3 Å². The highest BCUT2D eigenvalue weighted by atomic mass is 19.1. The summed E-state index contributed by atoms with van der Waals surface area (Å²) in [6, 6.07) is 11.2. The number of morpholine rings is 1. The zero-order valence-corrected chi connectivity index (χ0v) is 26.3. The van der Waals surface area contributed by atoms with Crippen molar-refractivity contribution in [3.8, 4) is 0 Å². The second-order valence-electron chi connectivity index (χ2n) is 13.2. The van der Waals surface area contributed by atoms with Crippen LogP contribution in [0.5, 0.6) is 0 Å². The molecular weight excluding hydrogens is 558 g/mol. The maximum absolute atomic E-state index is 14.1. The summed E-state index contributed by atoms with van der Waals surface area (Å²) in [6.45, 7) is 13.7. The summed E-state index contributed by atoms with van der Waals surface area (Å²) >= 11 is 0. The van der Waals surface area contributed by atoms with Crippen LogP contribution in [0.3, 0.4) is 0 Å². The van der Waals surface area contributed by atoms with Gasteiger partial charge in [0.15, 0.2) is 6.29 Å². The molecule has 1 aliphatic rings. The fourth-order valence-corrected chi connectivity index (χ4v) is 4.80. The fraction of sp³-hybridized carbons (Fsp3) is 0.576. The minimum atomic E-state index is -0.849. The minimum Gasteiger partial charge on any atom is -0.444 e. The van der Waals surface area contributed by atoms with Gasteiger partial charge in [-0.2, -0.15) is 0 Å². The molecule has 0 spiro atoms. The SMILES string of the molecule is CC(=O)N[C@@H](Cc1cc(F)cc(F)c1)[C@H](OCc1ccccc1)[C@H]1CO[C@@H](OCCC(C)(C)C)CN1C(=O)OC(C)(C)C. The number of hydrogen-bond acceptors (Lipinski definition) is 6. The van der Waals surface area contributed by atoms with Gasteiger partial charge >= 0.3 is 6.09 Å². The number of nitrogens with one attached hydrogen (secondary N) is 1. The zero-order valence-electron chi connectivity index (χ0n) is 26.3. The van der Waals surface area contributed by atoms with E-state index in [4.69, 9.17) is 18.9 Å². The van der Waals surface area contributed by atoms with Crippen LogP contribution in [-0.2, 0) is 36.8 Å². The molecule has 10 heteroatoms. The van der Waals surface area contributed by atoms with Gasteiger partial charge < -0.3 is 24.3 Å². The van der Waals surface area contributed by atoms with Gasteiger partial charge in [0, 0.05) is 13.0 Å². The lowest BCUT2D eigenvalue weighted by Crippen LogP contribution is -2.63. The number of carbonyl (C=O) groups excluding carboxylic acids is 2. The van der Waals surface area contributed by atoms with Crippen molar-refractivity contribution in [2.75, 3.05) is 19.8 Å². The maximum atomic E-state index is 14.1. The Kier molecular flexibility index (Phi) is 12.1. The molecule has 8 nitrogen and oxygen atoms in total. The summed E-state index contributed by atoms with van der Waals surface area (Å²) in [6.07, 6.45) is -1.30. The number of halogens is 2. The largest absolute Gasteiger partial charge is 0.444 e. The molecule has 3 rings (SSSR count). The van der Waals surface area contributed by atoms with E-state index >= 15 is 0 Å². The van der Waals surface area contributed by atoms with Crippen molar-refractivity contribution in [3.63, 3.8) is 0 Å². The van der Waals surface area contributed by atoms with E-state index in [9.17, 15) is 18.4 Å². The van der Waals surface area contributed by atoms with Crippen LogP contribution in [0.1, 0.15) is 66.0 Å². The van der Waals surface area contributed by atoms with Gasteiger partial charge in [0.1, 0.15) is 23.3 Å². The number of benzene rings is 2. The van der Waals surface area contributed by atoms with Gasteiger partial charge in [0.2, 0.25) is 5.91 Å². The van der Waals surface area contributed by atoms with E-state index in [1.54, 1.807) is 20.8 Å². The lowest BCUT2D eigenvalue weighted by atomic mass is 9.93. The molecular formula is C33H46F2N2O6. The molecule has 0 aliphatic carbocycles. The van der Waals surface area contributed by atoms with E-state index in [2.05, 4.69) is 26.1 Å². The van der Waals surface area contributed by atoms with Crippen LogP contribution in [0, 0.1) is 17.0 Å². The van der Waals surface area contributed by atoms with Crippen molar-refractivity contribution >= 4 is 12.0 Å². The fourth-order valence-electron chi connectivity index (χ4n) is 4.80. The number of amides is 2. The molecule has 2 amide bonds. The summed E-state index contributed by atoms with van der Waals surface area (Å²) in [7, 11) is 0. The second-order valence-corrected chi connectivity index (χ2v) is 13.2. The Hall–Kier alpha value is -3.08. The van der Waals surface area contributed by atoms with Gasteiger partial charge in [-0.15, -0.1) is 0 Å². The zero-order chi connectivity index (χ0) is 31.8. The standard InChI is InChI=1S/C33H46F2N2O6/c1-22(38)36-27(17-24-15-25(34)18-26(35)16-24)30(42-20-23-11-9-8-10-12-23)28-21-41-29(40-14-13-32(2,3)4)19-37(28)31(39)43-33(5,6)7/h8-12,15-16,18,27-30H,13-14,17,19-21H2,1-7H3,(H,36,38)/t27-,28+,29+,30-/m0/s1. The first-order valence-electron chi connectivity index (χ1n) is 14.7. The van der Waals surface area contributed by atoms with Crippen LogP contribution in [0.4, 0.5) is 13.6 Å². The number of carbonyl (C=O) groups is 2. The molecule has 238 valence electrons. The van der Waals surface area contributed by atoms with Crippen molar-refractivity contribution in [2.45, 2.75) is 98.0 Å². The number of nitrogens with zero attached hydrogens (tertiary/aromatic N) is 1. The first-order chi connectivity index (χ1) is 20.1. The number of ether oxygens (including phenoxy) is 4. The number of hydrogen-bond donors (Lipinski definition) is 1. The molecule has 0 saturated carbocycles. The van der Waals surface area contributed by atoms with Gasteiger partial charge in [-0.3, -0.25) is 9.69 Å². The average molecular weight is 605 g/mol. The van der Waals surface area contributed by atoms with Crippen molar-refractivity contribution < 1.29 is 37.3 Å². The first-order valence-corrected chi connectivity index (χ1v) is 14.7. The van der Waals surface area contributed by atoms with Crippen LogP contribution < -0.4 is 5.32 Å². The molecule has 1 heterocycles. The summed E-state index contributed by atoms with van der Waals surface area (Å²) in [5.41, 5.74) is 0.475. The Morgan fingerprint density at radius 3 is 2.26 bits per heavy atom. The average Bonchev–Trinajstić information content (AvgIpc) is 2.87. The first kappa shape index (κ1) is 34.4. The van der Waals surface area contributed by atoms with Crippen LogP contribution in [-0.4, -0.2) is 66.7 Å². The molecule has 0 bridgehead atoms. The molecule has 2 aromatic carbocycles. The van der Waals surface area contributed by atoms with Crippen LogP contribution in [0.15, 0.2) is 48.5 Å². The lowest BCUT2D eigenvalue weighted by molar-refractivity contribution is -0.209. The lowest BCUT2D eigenvalue weighted by Gasteiger charge is -2.45. The summed E-state index contributed by atoms with van der Waals surface area (Å²) in [5, 5.41) is 2.90. The van der Waals surface area contributed by atoms with E-state index in [0.717, 1.165) is 18.1 Å². The Balaban J connectivity index is 1.97. The van der Waals surface area contributed by atoms with Gasteiger partial charge in [0.25, 0.3) is 0 Å². The van der Waals surface area contributed by atoms with Gasteiger partial charge in [-0.1, -0.05) is 51.1 Å². The molecule has 1 aliphatic heterocycles. The Morgan fingerprint density at radius 2 is 1.67 bits per heavy atom. The monoisotopic (exact) mass is 604 g/mol. The molecule has 0 aromatic heterocycles. The van der Waals surface area contributed by atoms with Gasteiger partial charge in [-0.25, -0.2) is 13.6 Å². The third-order valence-electron chi connectivity index (χ3n) is 6.81. The minimum absolute atomic E-state index is 0.0203. The van der Waals surface area contributed by atoms with Gasteiger partial charge in [-0.05, 0) is 62.3 Å². The molecule has 0 unspecified atom stereocenters. The molecule has 4 atom stereocenters. The molecule has 1 fully saturated rings. The van der Waals surface area contributed by atoms with E-state index in [1.165, 1.54) is 24.0 Å². The second kappa shape index (κ2) is 15.1. The molecule has 2 aromatic rings. The van der Waals surface area contributed by atoms with Crippen LogP contribution in [0.2, 0.25) is 0 Å². The Labute approximate surface area is 254 Å². The van der Waals surface area contributed by atoms with Crippen LogP contribution >= 0.6 is 0 Å². The summed E-state index contributed by atoms with van der Waals surface area (Å²) < 4.78 is 52.6. The van der Waals surface area contributed by atoms with E-state index in [-0.39, 0.29) is 37.5 Å². The Bertz CT molecular complexity index is 1180. The van der Waals surface area contributed by atoms with Crippen LogP contribution in [0.25, 0.3) is 0 Å². The quantitative estimate of drug-likeness (QED) is 0.338. The highest BCUT2D eigenvalue weighted by Crippen LogP contribution is 2.26. The summed E-state index contributed by atoms with van der Waals surface area (Å²) in [5.74, 6) is -1.82. The Morgan fingerprint density at radius 1 is 1.02 bits per heavy atom. The molecule has 0 radical (unpaired) electrons. The van der Waals surface area contributed by atoms with Crippen molar-refractivity contribution in [2.24, 2.45) is 5.41 Å². The van der Waals surface area contributed by atoms with E-state index < -0.39 is 47.8 Å². The molecule has 1 N–H and O–H groups in total. The maximum Gasteiger partial charge on any atom is 0.410 e. The predicted molar refractivity (Wildman–Crippen MR) is 159 cm³/mol. The molecule has 1 saturated heterocycles. The third kappa shape index (κ3) is 11.8. The van der Waals surface area contributed by atoms with E-state index in [1.807, 2.05) is 30.3 Å². The predicted octanol–water partition coefficient (Wildman–Crippen LogP) is 6.01. The smallest absolute Gasteiger partial charge is 0.410 e. The summed E-state index contributed by atoms with van der Waals surface area (Å²) in [4.78, 5) is 27.6. The third-order valence-corrected chi connectivity index (χ3v) is 6.81. The van der Waals surface area contributed by atoms with Crippen molar-refractivity contribution in [1.82, 2.24) is 10.2 Å². The topological polar surface area (TPSA) is 86.3 Å². The number of rotatable bonds is 11. The van der Waals surface area contributed by atoms with Gasteiger partial charge in [0.05, 0.1) is 38.4 Å². The highest BCUT2D eigenvalue weighted by Gasteiger charge is 2.43. The normalized spacial score (nSPS) is 19.0. The highest BCUT2D eigenvalue weighted by molar-refractivity contribution is 5.73. The van der Waals surface area contributed by atoms with E-state index in [0.29, 0.717) is 12.2 Å².